The van der Waals surface area contributed by atoms with Gasteiger partial charge in [0.15, 0.2) is 0 Å². The molecule has 4 heteroatoms. The molecular formula is C15H23FN2O. The summed E-state index contributed by atoms with van der Waals surface area (Å²) in [6, 6.07) is 4.36. The molecule has 0 spiro atoms. The van der Waals surface area contributed by atoms with Gasteiger partial charge in [0, 0.05) is 6.04 Å². The lowest BCUT2D eigenvalue weighted by Crippen LogP contribution is -2.33. The SMILES string of the molecule is CCCCCCC(C)NC(=O)c1cccc(F)c1N. The number of nitrogens with one attached hydrogen (secondary N) is 1. The van der Waals surface area contributed by atoms with Gasteiger partial charge >= 0.3 is 0 Å². The molecule has 0 saturated carbocycles. The lowest BCUT2D eigenvalue weighted by atomic mass is 10.1. The molecule has 0 aliphatic carbocycles. The van der Waals surface area contributed by atoms with Crippen LogP contribution in [0.4, 0.5) is 10.1 Å². The molecule has 3 nitrogen and oxygen atoms in total. The van der Waals surface area contributed by atoms with Crippen molar-refractivity contribution in [3.8, 4) is 0 Å². The van der Waals surface area contributed by atoms with Gasteiger partial charge in [0.2, 0.25) is 0 Å². The lowest BCUT2D eigenvalue weighted by Gasteiger charge is -2.14. The average Bonchev–Trinajstić information content (AvgIpc) is 2.38. The highest BCUT2D eigenvalue weighted by Crippen LogP contribution is 2.16. The number of unbranched alkanes of at least 4 members (excludes halogenated alkanes) is 3. The second kappa shape index (κ2) is 7.77. The topological polar surface area (TPSA) is 55.1 Å². The summed E-state index contributed by atoms with van der Waals surface area (Å²) in [5.41, 5.74) is 5.69. The molecule has 1 amide bonds. The predicted molar refractivity (Wildman–Crippen MR) is 76.5 cm³/mol. The number of halogens is 1. The van der Waals surface area contributed by atoms with Gasteiger partial charge in [-0.3, -0.25) is 4.79 Å². The molecule has 106 valence electrons. The molecule has 0 aromatic heterocycles. The number of anilines is 1. The quantitative estimate of drug-likeness (QED) is 0.586. The number of carbonyl (C=O) groups excluding carboxylic acids is 1. The first-order chi connectivity index (χ1) is 9.06. The van der Waals surface area contributed by atoms with Crippen LogP contribution in [0, 0.1) is 5.82 Å². The van der Waals surface area contributed by atoms with Crippen LogP contribution in [0.2, 0.25) is 0 Å². The van der Waals surface area contributed by atoms with E-state index in [1.165, 1.54) is 37.5 Å². The third-order valence-electron chi connectivity index (χ3n) is 3.17. The van der Waals surface area contributed by atoms with Gasteiger partial charge < -0.3 is 11.1 Å². The van der Waals surface area contributed by atoms with E-state index < -0.39 is 5.82 Å². The number of para-hydroxylation sites is 1. The molecular weight excluding hydrogens is 243 g/mol. The fourth-order valence-electron chi connectivity index (χ4n) is 1.99. The van der Waals surface area contributed by atoms with Gasteiger partial charge in [-0.15, -0.1) is 0 Å². The first kappa shape index (κ1) is 15.5. The molecule has 0 saturated heterocycles. The van der Waals surface area contributed by atoms with Crippen molar-refractivity contribution in [3.05, 3.63) is 29.6 Å². The van der Waals surface area contributed by atoms with Gasteiger partial charge in [0.05, 0.1) is 11.3 Å². The largest absolute Gasteiger partial charge is 0.396 e. The standard InChI is InChI=1S/C15H23FN2O/c1-3-4-5-6-8-11(2)18-15(19)12-9-7-10-13(16)14(12)17/h7,9-11H,3-6,8,17H2,1-2H3,(H,18,19). The molecule has 1 aromatic rings. The molecule has 3 N–H and O–H groups in total. The minimum absolute atomic E-state index is 0.0759. The van der Waals surface area contributed by atoms with Crippen molar-refractivity contribution in [1.29, 1.82) is 0 Å². The van der Waals surface area contributed by atoms with Crippen LogP contribution in [0.15, 0.2) is 18.2 Å². The number of hydrogen-bond donors (Lipinski definition) is 2. The van der Waals surface area contributed by atoms with E-state index >= 15 is 0 Å². The van der Waals surface area contributed by atoms with Gasteiger partial charge in [-0.05, 0) is 25.5 Å². The zero-order valence-corrected chi connectivity index (χ0v) is 11.7. The Morgan fingerprint density at radius 2 is 2.11 bits per heavy atom. The van der Waals surface area contributed by atoms with Crippen molar-refractivity contribution in [1.82, 2.24) is 5.32 Å². The number of rotatable bonds is 7. The van der Waals surface area contributed by atoms with E-state index in [2.05, 4.69) is 12.2 Å². The molecule has 0 bridgehead atoms. The van der Waals surface area contributed by atoms with E-state index in [1.54, 1.807) is 0 Å². The number of hydrogen-bond acceptors (Lipinski definition) is 2. The van der Waals surface area contributed by atoms with Crippen LogP contribution in [0.25, 0.3) is 0 Å². The second-order valence-corrected chi connectivity index (χ2v) is 4.92. The van der Waals surface area contributed by atoms with Gasteiger partial charge in [0.1, 0.15) is 5.82 Å². The van der Waals surface area contributed by atoms with Crippen LogP contribution < -0.4 is 11.1 Å². The van der Waals surface area contributed by atoms with Crippen LogP contribution >= 0.6 is 0 Å². The smallest absolute Gasteiger partial charge is 0.253 e. The Labute approximate surface area is 114 Å². The van der Waals surface area contributed by atoms with Gasteiger partial charge in [0.25, 0.3) is 5.91 Å². The first-order valence-corrected chi connectivity index (χ1v) is 6.91. The second-order valence-electron chi connectivity index (χ2n) is 4.92. The van der Waals surface area contributed by atoms with Gasteiger partial charge in [-0.25, -0.2) is 4.39 Å². The summed E-state index contributed by atoms with van der Waals surface area (Å²) in [7, 11) is 0. The Bertz CT molecular complexity index is 421. The molecule has 0 heterocycles. The molecule has 0 aliphatic rings. The van der Waals surface area contributed by atoms with Crippen LogP contribution in [-0.4, -0.2) is 11.9 Å². The van der Waals surface area contributed by atoms with E-state index in [-0.39, 0.29) is 23.2 Å². The maximum Gasteiger partial charge on any atom is 0.253 e. The minimum atomic E-state index is -0.553. The number of nitrogen functional groups attached to an aromatic ring is 1. The van der Waals surface area contributed by atoms with Crippen LogP contribution in [0.5, 0.6) is 0 Å². The maximum absolute atomic E-state index is 13.3. The molecule has 0 fully saturated rings. The van der Waals surface area contributed by atoms with Gasteiger partial charge in [-0.2, -0.15) is 0 Å². The molecule has 0 aliphatic heterocycles. The number of benzene rings is 1. The fourth-order valence-corrected chi connectivity index (χ4v) is 1.99. The van der Waals surface area contributed by atoms with Gasteiger partial charge in [-0.1, -0.05) is 38.7 Å². The Kier molecular flexibility index (Phi) is 6.33. The molecule has 0 radical (unpaired) electrons. The monoisotopic (exact) mass is 266 g/mol. The van der Waals surface area contributed by atoms with E-state index in [1.807, 2.05) is 6.92 Å². The van der Waals surface area contributed by atoms with Crippen molar-refractivity contribution in [2.45, 2.75) is 52.0 Å². The summed E-state index contributed by atoms with van der Waals surface area (Å²) in [6.07, 6.45) is 5.62. The Morgan fingerprint density at radius 1 is 1.37 bits per heavy atom. The number of nitrogens with two attached hydrogens (primary N) is 1. The van der Waals surface area contributed by atoms with E-state index in [9.17, 15) is 9.18 Å². The van der Waals surface area contributed by atoms with Crippen LogP contribution in [0.1, 0.15) is 56.3 Å². The fraction of sp³-hybridized carbons (Fsp3) is 0.533. The Balaban J connectivity index is 2.48. The molecule has 1 unspecified atom stereocenters. The first-order valence-electron chi connectivity index (χ1n) is 6.91. The molecule has 1 aromatic carbocycles. The highest BCUT2D eigenvalue weighted by Gasteiger charge is 2.14. The van der Waals surface area contributed by atoms with Crippen molar-refractivity contribution in [2.24, 2.45) is 0 Å². The summed E-state index contributed by atoms with van der Waals surface area (Å²) in [6.45, 7) is 4.12. The van der Waals surface area contributed by atoms with Crippen molar-refractivity contribution < 1.29 is 9.18 Å². The van der Waals surface area contributed by atoms with E-state index in [4.69, 9.17) is 5.73 Å². The minimum Gasteiger partial charge on any atom is -0.396 e. The maximum atomic E-state index is 13.3. The van der Waals surface area contributed by atoms with Crippen LogP contribution in [-0.2, 0) is 0 Å². The predicted octanol–water partition coefficient (Wildman–Crippen LogP) is 3.50. The van der Waals surface area contributed by atoms with E-state index in [0.717, 1.165) is 12.8 Å². The third kappa shape index (κ3) is 4.89. The summed E-state index contributed by atoms with van der Waals surface area (Å²) in [4.78, 5) is 12.0. The van der Waals surface area contributed by atoms with Crippen molar-refractivity contribution in [2.75, 3.05) is 5.73 Å². The summed E-state index contributed by atoms with van der Waals surface area (Å²) in [5.74, 6) is -0.858. The summed E-state index contributed by atoms with van der Waals surface area (Å²) in [5, 5.41) is 2.86. The zero-order valence-electron chi connectivity index (χ0n) is 11.7. The summed E-state index contributed by atoms with van der Waals surface area (Å²) < 4.78 is 13.3. The highest BCUT2D eigenvalue weighted by atomic mass is 19.1. The number of amides is 1. The van der Waals surface area contributed by atoms with Crippen LogP contribution in [0.3, 0.4) is 0 Å². The number of carbonyl (C=O) groups is 1. The van der Waals surface area contributed by atoms with Crippen molar-refractivity contribution >= 4 is 11.6 Å². The van der Waals surface area contributed by atoms with E-state index in [0.29, 0.717) is 0 Å². The third-order valence-corrected chi connectivity index (χ3v) is 3.17. The molecule has 1 atom stereocenters. The summed E-state index contributed by atoms with van der Waals surface area (Å²) >= 11 is 0. The normalized spacial score (nSPS) is 12.2. The lowest BCUT2D eigenvalue weighted by molar-refractivity contribution is 0.0938. The Morgan fingerprint density at radius 3 is 2.79 bits per heavy atom. The zero-order chi connectivity index (χ0) is 14.3. The average molecular weight is 266 g/mol. The molecule has 1 rings (SSSR count). The molecule has 19 heavy (non-hydrogen) atoms. The Hall–Kier alpha value is -1.58. The highest BCUT2D eigenvalue weighted by molar-refractivity contribution is 5.99. The van der Waals surface area contributed by atoms with Crippen molar-refractivity contribution in [3.63, 3.8) is 0 Å².